The number of hydrogen-bond donors (Lipinski definition) is 0. The van der Waals surface area contributed by atoms with Crippen LogP contribution in [0.4, 0.5) is 0 Å². The van der Waals surface area contributed by atoms with Crippen molar-refractivity contribution in [3.8, 4) is 5.75 Å². The molecule has 6 rings (SSSR count). The van der Waals surface area contributed by atoms with Gasteiger partial charge in [-0.1, -0.05) is 48.6 Å². The van der Waals surface area contributed by atoms with Crippen LogP contribution < -0.4 is 4.74 Å². The Hall–Kier alpha value is -2.75. The van der Waals surface area contributed by atoms with Gasteiger partial charge < -0.3 is 4.74 Å². The number of ketones is 2. The summed E-state index contributed by atoms with van der Waals surface area (Å²) < 4.78 is 5.70. The summed E-state index contributed by atoms with van der Waals surface area (Å²) in [6.45, 7) is 0. The Labute approximate surface area is 162 Å². The molecule has 0 aromatic heterocycles. The molecular weight excluding hydrogens is 352 g/mol. The fraction of sp³-hybridized carbons (Fsp3) is 0.375. The molecule has 3 fully saturated rings. The van der Waals surface area contributed by atoms with E-state index in [-0.39, 0.29) is 65.4 Å². The van der Waals surface area contributed by atoms with E-state index in [0.29, 0.717) is 5.75 Å². The highest BCUT2D eigenvalue weighted by atomic mass is 16.5. The molecule has 0 radical (unpaired) electrons. The van der Waals surface area contributed by atoms with Gasteiger partial charge in [0.05, 0.1) is 0 Å². The molecule has 4 heteroatoms. The maximum atomic E-state index is 12.8. The Kier molecular flexibility index (Phi) is 3.26. The number of fused-ring (bicyclic) bond motifs is 10. The molecule has 3 saturated carbocycles. The van der Waals surface area contributed by atoms with Crippen LogP contribution in [0.5, 0.6) is 5.75 Å². The van der Waals surface area contributed by atoms with Crippen molar-refractivity contribution in [2.75, 3.05) is 0 Å². The second kappa shape index (κ2) is 5.63. The van der Waals surface area contributed by atoms with E-state index in [9.17, 15) is 14.4 Å². The van der Waals surface area contributed by atoms with Gasteiger partial charge in [0.15, 0.2) is 0 Å². The first-order valence-electron chi connectivity index (χ1n) is 10.1. The van der Waals surface area contributed by atoms with Gasteiger partial charge in [0.1, 0.15) is 17.3 Å². The lowest BCUT2D eigenvalue weighted by atomic mass is 9.69. The molecule has 140 valence electrons. The second-order valence-corrected chi connectivity index (χ2v) is 8.68. The minimum absolute atomic E-state index is 0.00164. The van der Waals surface area contributed by atoms with Crippen LogP contribution in [-0.2, 0) is 14.4 Å². The molecular formula is C24H20O4. The molecule has 7 atom stereocenters. The number of ether oxygens (including phenoxy) is 1. The van der Waals surface area contributed by atoms with Crippen LogP contribution in [0.1, 0.15) is 12.8 Å². The van der Waals surface area contributed by atoms with Gasteiger partial charge in [0.2, 0.25) is 0 Å². The molecule has 4 aliphatic rings. The molecule has 2 aromatic carbocycles. The molecule has 2 aromatic rings. The number of carbonyl (C=O) groups is 3. The number of carbonyl (C=O) groups excluding carboxylic acids is 3. The van der Waals surface area contributed by atoms with Crippen LogP contribution in [0.25, 0.3) is 10.8 Å². The van der Waals surface area contributed by atoms with E-state index in [4.69, 9.17) is 4.74 Å². The van der Waals surface area contributed by atoms with Crippen molar-refractivity contribution in [1.29, 1.82) is 0 Å². The smallest absolute Gasteiger partial charge is 0.311 e. The van der Waals surface area contributed by atoms with Crippen molar-refractivity contribution < 1.29 is 19.1 Å². The lowest BCUT2D eigenvalue weighted by molar-refractivity contribution is -0.136. The topological polar surface area (TPSA) is 60.4 Å². The average molecular weight is 372 g/mol. The second-order valence-electron chi connectivity index (χ2n) is 8.68. The molecule has 4 bridgehead atoms. The van der Waals surface area contributed by atoms with Crippen molar-refractivity contribution in [2.45, 2.75) is 12.8 Å². The molecule has 0 N–H and O–H groups in total. The minimum atomic E-state index is -0.289. The third-order valence-electron chi connectivity index (χ3n) is 7.50. The highest BCUT2D eigenvalue weighted by molar-refractivity contribution is 5.99. The zero-order valence-electron chi connectivity index (χ0n) is 15.3. The first-order chi connectivity index (χ1) is 13.6. The number of benzene rings is 2. The normalized spacial score (nSPS) is 37.1. The van der Waals surface area contributed by atoms with E-state index in [1.807, 2.05) is 54.6 Å². The molecule has 0 saturated heterocycles. The zero-order chi connectivity index (χ0) is 19.0. The number of allylic oxidation sites excluding steroid dienone is 2. The molecule has 0 amide bonds. The van der Waals surface area contributed by atoms with Gasteiger partial charge in [-0.15, -0.1) is 0 Å². The van der Waals surface area contributed by atoms with E-state index in [2.05, 4.69) is 0 Å². The van der Waals surface area contributed by atoms with Crippen LogP contribution in [-0.4, -0.2) is 17.5 Å². The number of rotatable bonds is 3. The molecule has 4 nitrogen and oxygen atoms in total. The van der Waals surface area contributed by atoms with Gasteiger partial charge in [0, 0.05) is 35.5 Å². The summed E-state index contributed by atoms with van der Waals surface area (Å²) >= 11 is 0. The molecule has 7 unspecified atom stereocenters. The number of esters is 1. The fourth-order valence-electron chi connectivity index (χ4n) is 6.54. The molecule has 4 aliphatic carbocycles. The van der Waals surface area contributed by atoms with Gasteiger partial charge in [-0.05, 0) is 35.6 Å². The van der Waals surface area contributed by atoms with E-state index in [1.165, 1.54) is 0 Å². The van der Waals surface area contributed by atoms with E-state index < -0.39 is 0 Å². The van der Waals surface area contributed by atoms with Crippen LogP contribution in [0, 0.1) is 41.4 Å². The predicted octanol–water partition coefficient (Wildman–Crippen LogP) is 3.59. The van der Waals surface area contributed by atoms with Gasteiger partial charge >= 0.3 is 5.97 Å². The van der Waals surface area contributed by atoms with E-state index >= 15 is 0 Å². The third-order valence-corrected chi connectivity index (χ3v) is 7.50. The van der Waals surface area contributed by atoms with Crippen molar-refractivity contribution >= 4 is 28.3 Å². The van der Waals surface area contributed by atoms with E-state index in [0.717, 1.165) is 17.2 Å². The average Bonchev–Trinajstić information content (AvgIpc) is 3.38. The quantitative estimate of drug-likeness (QED) is 0.358. The highest BCUT2D eigenvalue weighted by Crippen LogP contribution is 2.64. The lowest BCUT2D eigenvalue weighted by Gasteiger charge is -2.33. The van der Waals surface area contributed by atoms with Crippen molar-refractivity contribution in [1.82, 2.24) is 0 Å². The fourth-order valence-corrected chi connectivity index (χ4v) is 6.54. The summed E-state index contributed by atoms with van der Waals surface area (Å²) in [5.41, 5.74) is 0. The Bertz CT molecular complexity index is 1060. The summed E-state index contributed by atoms with van der Waals surface area (Å²) in [6.07, 6.45) is 4.97. The first-order valence-corrected chi connectivity index (χ1v) is 10.1. The van der Waals surface area contributed by atoms with Crippen molar-refractivity contribution in [3.05, 3.63) is 54.6 Å². The van der Waals surface area contributed by atoms with Crippen molar-refractivity contribution in [2.24, 2.45) is 41.4 Å². The minimum Gasteiger partial charge on any atom is -0.426 e. The SMILES string of the molecule is O=C(CC1CC2C(=O)C1C1C3C=CC(C3=O)C21)Oc1cccc2ccccc12. The highest BCUT2D eigenvalue weighted by Gasteiger charge is 2.68. The monoisotopic (exact) mass is 372 g/mol. The van der Waals surface area contributed by atoms with Crippen LogP contribution in [0.3, 0.4) is 0 Å². The summed E-state index contributed by atoms with van der Waals surface area (Å²) in [6, 6.07) is 13.5. The van der Waals surface area contributed by atoms with Gasteiger partial charge in [0.25, 0.3) is 0 Å². The Morgan fingerprint density at radius 3 is 2.54 bits per heavy atom. The first kappa shape index (κ1) is 16.2. The standard InChI is InChI=1S/C24H20O4/c25-19(28-18-7-3-5-12-4-1-2-6-14(12)18)11-13-10-17-21-15-8-9-16(23(15)26)22(21)20(13)24(17)27/h1-9,13,15-17,20-22H,10-11H2. The van der Waals surface area contributed by atoms with Gasteiger partial charge in [-0.25, -0.2) is 0 Å². The summed E-state index contributed by atoms with van der Waals surface area (Å²) in [5.74, 6) is 0.783. The van der Waals surface area contributed by atoms with Crippen molar-refractivity contribution in [3.63, 3.8) is 0 Å². The maximum absolute atomic E-state index is 12.8. The summed E-state index contributed by atoms with van der Waals surface area (Å²) in [5, 5.41) is 1.93. The summed E-state index contributed by atoms with van der Waals surface area (Å²) in [4.78, 5) is 38.0. The maximum Gasteiger partial charge on any atom is 0.311 e. The lowest BCUT2D eigenvalue weighted by Crippen LogP contribution is -2.32. The zero-order valence-corrected chi connectivity index (χ0v) is 15.3. The number of Topliss-reactive ketones (excluding diaryl/α,β-unsaturated/α-hetero) is 2. The van der Waals surface area contributed by atoms with Crippen LogP contribution in [0.2, 0.25) is 0 Å². The molecule has 0 aliphatic heterocycles. The predicted molar refractivity (Wildman–Crippen MR) is 102 cm³/mol. The molecule has 28 heavy (non-hydrogen) atoms. The van der Waals surface area contributed by atoms with E-state index in [1.54, 1.807) is 0 Å². The van der Waals surface area contributed by atoms with Gasteiger partial charge in [-0.2, -0.15) is 0 Å². The third kappa shape index (κ3) is 2.03. The molecule has 0 spiro atoms. The van der Waals surface area contributed by atoms with Gasteiger partial charge in [-0.3, -0.25) is 14.4 Å². The van der Waals surface area contributed by atoms with Crippen LogP contribution >= 0.6 is 0 Å². The Morgan fingerprint density at radius 2 is 1.68 bits per heavy atom. The molecule has 0 heterocycles. The van der Waals surface area contributed by atoms with Crippen LogP contribution in [0.15, 0.2) is 54.6 Å². The number of hydrogen-bond acceptors (Lipinski definition) is 4. The Morgan fingerprint density at radius 1 is 0.929 bits per heavy atom. The largest absolute Gasteiger partial charge is 0.426 e. The summed E-state index contributed by atoms with van der Waals surface area (Å²) in [7, 11) is 0. The Balaban J connectivity index is 1.22.